The minimum Gasteiger partial charge on any atom is -0.289 e. The largest absolute Gasteiger partial charge is 0.289 e. The molecule has 0 atom stereocenters. The normalized spacial score (nSPS) is 16.6. The van der Waals surface area contributed by atoms with Gasteiger partial charge in [0.05, 0.1) is 0 Å². The number of benzene rings is 1. The smallest absolute Gasteiger partial charge is 0.189 e. The second-order valence-electron chi connectivity index (χ2n) is 3.03. The summed E-state index contributed by atoms with van der Waals surface area (Å²) >= 11 is 1.74. The van der Waals surface area contributed by atoms with E-state index in [1.807, 2.05) is 24.3 Å². The van der Waals surface area contributed by atoms with E-state index in [1.165, 1.54) is 0 Å². The molecule has 1 aliphatic heterocycles. The average Bonchev–Trinajstić information content (AvgIpc) is 2.29. The number of rotatable bonds is 0. The predicted octanol–water partition coefficient (Wildman–Crippen LogP) is 2.92. The summed E-state index contributed by atoms with van der Waals surface area (Å²) in [7, 11) is 0. The Kier molecular flexibility index (Phi) is 2.23. The van der Waals surface area contributed by atoms with Crippen molar-refractivity contribution in [2.45, 2.75) is 11.3 Å². The second kappa shape index (κ2) is 3.38. The molecule has 1 aromatic rings. The van der Waals surface area contributed by atoms with Crippen LogP contribution >= 0.6 is 11.8 Å². The quantitative estimate of drug-likeness (QED) is 0.585. The van der Waals surface area contributed by atoms with Crippen molar-refractivity contribution < 1.29 is 4.79 Å². The third-order valence-electron chi connectivity index (χ3n) is 2.11. The summed E-state index contributed by atoms with van der Waals surface area (Å²) in [6.45, 7) is 3.79. The van der Waals surface area contributed by atoms with Gasteiger partial charge in [-0.25, -0.2) is 0 Å². The molecule has 0 amide bonds. The van der Waals surface area contributed by atoms with E-state index in [0.29, 0.717) is 0 Å². The van der Waals surface area contributed by atoms with Crippen molar-refractivity contribution in [3.8, 4) is 0 Å². The molecule has 1 heterocycles. The van der Waals surface area contributed by atoms with Gasteiger partial charge in [0.25, 0.3) is 0 Å². The van der Waals surface area contributed by atoms with E-state index in [4.69, 9.17) is 0 Å². The number of fused-ring (bicyclic) bond motifs is 1. The second-order valence-corrected chi connectivity index (χ2v) is 4.16. The predicted molar refractivity (Wildman–Crippen MR) is 55.3 cm³/mol. The van der Waals surface area contributed by atoms with Crippen LogP contribution in [0.3, 0.4) is 0 Å². The van der Waals surface area contributed by atoms with Crippen molar-refractivity contribution in [2.24, 2.45) is 0 Å². The van der Waals surface area contributed by atoms with E-state index in [9.17, 15) is 4.79 Å². The molecule has 0 fully saturated rings. The summed E-state index contributed by atoms with van der Waals surface area (Å²) in [5.74, 6) is 1.07. The molecule has 0 radical (unpaired) electrons. The first-order chi connectivity index (χ1) is 6.29. The maximum absolute atomic E-state index is 11.7. The fraction of sp³-hybridized carbons (Fsp3) is 0.182. The molecule has 2 heteroatoms. The number of hydrogen-bond acceptors (Lipinski definition) is 2. The standard InChI is InChI=1S/C11H10OS/c1-8-6-7-13-10-5-3-2-4-9(10)11(8)12/h2-5H,1,6-7H2. The Hall–Kier alpha value is -1.02. The molecule has 1 nitrogen and oxygen atoms in total. The molecule has 1 aliphatic rings. The van der Waals surface area contributed by atoms with Crippen LogP contribution in [-0.2, 0) is 0 Å². The third kappa shape index (κ3) is 1.54. The molecule has 0 N–H and O–H groups in total. The van der Waals surface area contributed by atoms with Crippen molar-refractivity contribution >= 4 is 17.5 Å². The van der Waals surface area contributed by atoms with Gasteiger partial charge in [-0.05, 0) is 24.1 Å². The molecule has 0 aliphatic carbocycles. The summed E-state index contributed by atoms with van der Waals surface area (Å²) in [6, 6.07) is 7.74. The fourth-order valence-corrected chi connectivity index (χ4v) is 2.43. The minimum absolute atomic E-state index is 0.112. The van der Waals surface area contributed by atoms with Crippen LogP contribution < -0.4 is 0 Å². The Bertz CT molecular complexity index is 368. The Morgan fingerprint density at radius 3 is 2.92 bits per heavy atom. The summed E-state index contributed by atoms with van der Waals surface area (Å²) in [5, 5.41) is 0. The highest BCUT2D eigenvalue weighted by atomic mass is 32.2. The van der Waals surface area contributed by atoms with E-state index in [2.05, 4.69) is 6.58 Å². The molecule has 0 bridgehead atoms. The average molecular weight is 190 g/mol. The molecule has 66 valence electrons. The molecular weight excluding hydrogens is 180 g/mol. The van der Waals surface area contributed by atoms with Gasteiger partial charge >= 0.3 is 0 Å². The van der Waals surface area contributed by atoms with Gasteiger partial charge in [0.1, 0.15) is 0 Å². The number of allylic oxidation sites excluding steroid dienone is 1. The SMILES string of the molecule is C=C1CCSc2ccccc2C1=O. The van der Waals surface area contributed by atoms with Crippen LogP contribution in [0, 0.1) is 0 Å². The van der Waals surface area contributed by atoms with Gasteiger partial charge in [-0.3, -0.25) is 4.79 Å². The van der Waals surface area contributed by atoms with E-state index in [-0.39, 0.29) is 5.78 Å². The van der Waals surface area contributed by atoms with Gasteiger partial charge in [-0.1, -0.05) is 18.7 Å². The first-order valence-electron chi connectivity index (χ1n) is 4.23. The summed E-state index contributed by atoms with van der Waals surface area (Å²) in [4.78, 5) is 12.8. The summed E-state index contributed by atoms with van der Waals surface area (Å²) in [6.07, 6.45) is 0.804. The van der Waals surface area contributed by atoms with Crippen LogP contribution in [0.1, 0.15) is 16.8 Å². The van der Waals surface area contributed by atoms with Crippen LogP contribution in [0.15, 0.2) is 41.3 Å². The number of ketones is 1. The van der Waals surface area contributed by atoms with Gasteiger partial charge in [-0.2, -0.15) is 0 Å². The molecule has 0 saturated carbocycles. The van der Waals surface area contributed by atoms with Crippen LogP contribution in [0.4, 0.5) is 0 Å². The van der Waals surface area contributed by atoms with Crippen LogP contribution in [0.2, 0.25) is 0 Å². The topological polar surface area (TPSA) is 17.1 Å². The maximum atomic E-state index is 11.7. The summed E-state index contributed by atoms with van der Waals surface area (Å²) < 4.78 is 0. The lowest BCUT2D eigenvalue weighted by atomic mass is 10.0. The van der Waals surface area contributed by atoms with Crippen molar-refractivity contribution in [1.29, 1.82) is 0 Å². The van der Waals surface area contributed by atoms with Gasteiger partial charge in [0.2, 0.25) is 0 Å². The van der Waals surface area contributed by atoms with Crippen LogP contribution in [0.25, 0.3) is 0 Å². The van der Waals surface area contributed by atoms with Crippen molar-refractivity contribution in [1.82, 2.24) is 0 Å². The van der Waals surface area contributed by atoms with Gasteiger partial charge in [0, 0.05) is 16.2 Å². The molecule has 0 unspecified atom stereocenters. The number of thioether (sulfide) groups is 1. The lowest BCUT2D eigenvalue weighted by Gasteiger charge is -2.01. The van der Waals surface area contributed by atoms with Gasteiger partial charge in [0.15, 0.2) is 5.78 Å². The Balaban J connectivity index is 2.52. The zero-order valence-electron chi connectivity index (χ0n) is 7.25. The minimum atomic E-state index is 0.112. The number of carbonyl (C=O) groups is 1. The maximum Gasteiger partial charge on any atom is 0.189 e. The third-order valence-corrected chi connectivity index (χ3v) is 3.19. The van der Waals surface area contributed by atoms with Crippen molar-refractivity contribution in [2.75, 3.05) is 5.75 Å². The van der Waals surface area contributed by atoms with Crippen molar-refractivity contribution in [3.05, 3.63) is 42.0 Å². The Morgan fingerprint density at radius 2 is 2.08 bits per heavy atom. The van der Waals surface area contributed by atoms with Crippen molar-refractivity contribution in [3.63, 3.8) is 0 Å². The molecule has 0 spiro atoms. The number of Topliss-reactive ketones (excluding diaryl/α,β-unsaturated/α-hetero) is 1. The lowest BCUT2D eigenvalue weighted by Crippen LogP contribution is -2.01. The zero-order chi connectivity index (χ0) is 9.26. The van der Waals surface area contributed by atoms with E-state index in [0.717, 1.165) is 28.2 Å². The number of hydrogen-bond donors (Lipinski definition) is 0. The van der Waals surface area contributed by atoms with E-state index >= 15 is 0 Å². The van der Waals surface area contributed by atoms with Crippen LogP contribution in [-0.4, -0.2) is 11.5 Å². The van der Waals surface area contributed by atoms with Crippen LogP contribution in [0.5, 0.6) is 0 Å². The van der Waals surface area contributed by atoms with Gasteiger partial charge < -0.3 is 0 Å². The highest BCUT2D eigenvalue weighted by Crippen LogP contribution is 2.30. The summed E-state index contributed by atoms with van der Waals surface area (Å²) in [5.41, 5.74) is 1.55. The molecule has 0 saturated heterocycles. The lowest BCUT2D eigenvalue weighted by molar-refractivity contribution is 0.103. The molecular formula is C11H10OS. The Labute approximate surface area is 81.8 Å². The molecule has 0 aromatic heterocycles. The highest BCUT2D eigenvalue weighted by molar-refractivity contribution is 7.99. The highest BCUT2D eigenvalue weighted by Gasteiger charge is 2.17. The molecule has 1 aromatic carbocycles. The molecule has 2 rings (SSSR count). The monoisotopic (exact) mass is 190 g/mol. The first-order valence-corrected chi connectivity index (χ1v) is 5.22. The van der Waals surface area contributed by atoms with Gasteiger partial charge in [-0.15, -0.1) is 11.8 Å². The Morgan fingerprint density at radius 1 is 1.31 bits per heavy atom. The fourth-order valence-electron chi connectivity index (χ4n) is 1.37. The van der Waals surface area contributed by atoms with E-state index < -0.39 is 0 Å². The number of carbonyl (C=O) groups excluding carboxylic acids is 1. The first kappa shape index (κ1) is 8.57. The van der Waals surface area contributed by atoms with E-state index in [1.54, 1.807) is 11.8 Å². The molecule has 13 heavy (non-hydrogen) atoms. The zero-order valence-corrected chi connectivity index (χ0v) is 8.06.